The van der Waals surface area contributed by atoms with Gasteiger partial charge in [-0.1, -0.05) is 13.8 Å². The summed E-state index contributed by atoms with van der Waals surface area (Å²) in [5.74, 6) is 1.02. The maximum absolute atomic E-state index is 9.53. The van der Waals surface area contributed by atoms with Gasteiger partial charge in [0, 0.05) is 25.6 Å². The van der Waals surface area contributed by atoms with Crippen LogP contribution in [-0.2, 0) is 11.3 Å². The summed E-state index contributed by atoms with van der Waals surface area (Å²) in [4.78, 5) is 11.0. The highest BCUT2D eigenvalue weighted by Gasteiger charge is 2.17. The van der Waals surface area contributed by atoms with Crippen molar-refractivity contribution in [3.05, 3.63) is 17.7 Å². The normalized spacial score (nSPS) is 11.4. The second-order valence-corrected chi connectivity index (χ2v) is 5.15. The minimum Gasteiger partial charge on any atom is -0.390 e. The first kappa shape index (κ1) is 15.9. The highest BCUT2D eigenvalue weighted by atomic mass is 16.5. The zero-order valence-electron chi connectivity index (χ0n) is 12.6. The highest BCUT2D eigenvalue weighted by molar-refractivity contribution is 5.49. The first-order valence-corrected chi connectivity index (χ1v) is 6.73. The van der Waals surface area contributed by atoms with E-state index >= 15 is 0 Å². The lowest BCUT2D eigenvalue weighted by Crippen LogP contribution is -2.35. The Bertz CT molecular complexity index is 394. The number of ether oxygens (including phenoxy) is 1. The van der Waals surface area contributed by atoms with E-state index in [-0.39, 0.29) is 12.5 Å². The number of hydrogen-bond acceptors (Lipinski definition) is 5. The number of aromatic nitrogens is 2. The monoisotopic (exact) mass is 267 g/mol. The van der Waals surface area contributed by atoms with Gasteiger partial charge in [0.2, 0.25) is 0 Å². The number of aliphatic hydroxyl groups excluding tert-OH is 1. The lowest BCUT2D eigenvalue weighted by Gasteiger charge is -2.29. The summed E-state index contributed by atoms with van der Waals surface area (Å²) in [6.07, 6.45) is 1.81. The Hall–Kier alpha value is -1.20. The van der Waals surface area contributed by atoms with Gasteiger partial charge in [-0.3, -0.25) is 0 Å². The Morgan fingerprint density at radius 1 is 1.32 bits per heavy atom. The molecule has 5 nitrogen and oxygen atoms in total. The Labute approximate surface area is 115 Å². The summed E-state index contributed by atoms with van der Waals surface area (Å²) in [6, 6.07) is 0.300. The molecule has 108 valence electrons. The molecule has 1 N–H and O–H groups in total. The van der Waals surface area contributed by atoms with E-state index in [2.05, 4.69) is 28.7 Å². The van der Waals surface area contributed by atoms with E-state index in [0.29, 0.717) is 18.3 Å². The van der Waals surface area contributed by atoms with Crippen molar-refractivity contribution in [3.8, 4) is 0 Å². The molecule has 0 amide bonds. The minimum atomic E-state index is -0.0756. The minimum absolute atomic E-state index is 0.0756. The lowest BCUT2D eigenvalue weighted by atomic mass is 10.2. The molecule has 5 heteroatoms. The summed E-state index contributed by atoms with van der Waals surface area (Å²) < 4.78 is 5.13. The Morgan fingerprint density at radius 3 is 2.47 bits per heavy atom. The van der Waals surface area contributed by atoms with E-state index in [4.69, 9.17) is 4.74 Å². The van der Waals surface area contributed by atoms with Crippen LogP contribution in [0.5, 0.6) is 0 Å². The molecule has 1 aromatic rings. The lowest BCUT2D eigenvalue weighted by molar-refractivity contribution is 0.203. The molecule has 0 atom stereocenters. The number of hydrogen-bond donors (Lipinski definition) is 1. The number of rotatable bonds is 7. The molecule has 0 radical (unpaired) electrons. The van der Waals surface area contributed by atoms with Crippen LogP contribution in [0.3, 0.4) is 0 Å². The molecule has 1 heterocycles. The van der Waals surface area contributed by atoms with E-state index in [1.807, 2.05) is 20.0 Å². The van der Waals surface area contributed by atoms with E-state index in [1.54, 1.807) is 7.11 Å². The summed E-state index contributed by atoms with van der Waals surface area (Å²) in [7, 11) is 1.68. The number of aliphatic hydroxyl groups is 1. The van der Waals surface area contributed by atoms with Crippen LogP contribution in [0.4, 0.5) is 5.69 Å². The van der Waals surface area contributed by atoms with Crippen LogP contribution >= 0.6 is 0 Å². The summed E-state index contributed by atoms with van der Waals surface area (Å²) in [6.45, 7) is 9.61. The Balaban J connectivity index is 3.08. The van der Waals surface area contributed by atoms with E-state index in [0.717, 1.165) is 18.1 Å². The van der Waals surface area contributed by atoms with Crippen molar-refractivity contribution in [1.29, 1.82) is 0 Å². The zero-order chi connectivity index (χ0) is 14.4. The number of nitrogens with zero attached hydrogens (tertiary/aromatic N) is 3. The van der Waals surface area contributed by atoms with Crippen LogP contribution in [0.15, 0.2) is 6.20 Å². The fourth-order valence-electron chi connectivity index (χ4n) is 1.91. The Kier molecular flexibility index (Phi) is 6.18. The van der Waals surface area contributed by atoms with Crippen LogP contribution < -0.4 is 4.90 Å². The first-order chi connectivity index (χ1) is 9.01. The van der Waals surface area contributed by atoms with Crippen LogP contribution in [0, 0.1) is 0 Å². The molecule has 0 aromatic carbocycles. The van der Waals surface area contributed by atoms with Gasteiger partial charge in [0.05, 0.1) is 30.8 Å². The van der Waals surface area contributed by atoms with Gasteiger partial charge in [-0.25, -0.2) is 9.97 Å². The molecule has 1 aromatic heterocycles. The van der Waals surface area contributed by atoms with Gasteiger partial charge in [0.15, 0.2) is 0 Å². The van der Waals surface area contributed by atoms with Crippen LogP contribution in [0.25, 0.3) is 0 Å². The number of anilines is 1. The van der Waals surface area contributed by atoms with Crippen molar-refractivity contribution in [2.24, 2.45) is 0 Å². The number of methoxy groups -OCH3 is 1. The first-order valence-electron chi connectivity index (χ1n) is 6.73. The van der Waals surface area contributed by atoms with Crippen molar-refractivity contribution in [2.45, 2.75) is 46.3 Å². The van der Waals surface area contributed by atoms with Crippen LogP contribution in [-0.4, -0.2) is 41.4 Å². The smallest absolute Gasteiger partial charge is 0.131 e. The fourth-order valence-corrected chi connectivity index (χ4v) is 1.91. The van der Waals surface area contributed by atoms with Crippen molar-refractivity contribution < 1.29 is 9.84 Å². The van der Waals surface area contributed by atoms with E-state index in [1.165, 1.54) is 0 Å². The predicted molar refractivity (Wildman–Crippen MR) is 76.4 cm³/mol. The maximum Gasteiger partial charge on any atom is 0.131 e. The maximum atomic E-state index is 9.53. The third kappa shape index (κ3) is 4.14. The van der Waals surface area contributed by atoms with Gasteiger partial charge < -0.3 is 14.7 Å². The van der Waals surface area contributed by atoms with Crippen molar-refractivity contribution >= 4 is 5.69 Å². The van der Waals surface area contributed by atoms with Gasteiger partial charge in [0.1, 0.15) is 5.82 Å². The fraction of sp³-hybridized carbons (Fsp3) is 0.714. The molecule has 0 aliphatic carbocycles. The molecule has 1 rings (SSSR count). The van der Waals surface area contributed by atoms with E-state index < -0.39 is 0 Å². The molecule has 0 unspecified atom stereocenters. The largest absolute Gasteiger partial charge is 0.390 e. The molecule has 0 saturated heterocycles. The second kappa shape index (κ2) is 7.40. The Morgan fingerprint density at radius 2 is 2.00 bits per heavy atom. The van der Waals surface area contributed by atoms with Gasteiger partial charge >= 0.3 is 0 Å². The molecule has 0 saturated carbocycles. The molecular formula is C14H25N3O2. The molecular weight excluding hydrogens is 242 g/mol. The molecule has 0 aliphatic rings. The van der Waals surface area contributed by atoms with Crippen molar-refractivity contribution in [3.63, 3.8) is 0 Å². The zero-order valence-corrected chi connectivity index (χ0v) is 12.6. The molecule has 0 aliphatic heterocycles. The van der Waals surface area contributed by atoms with Crippen LogP contribution in [0.1, 0.15) is 45.1 Å². The third-order valence-corrected chi connectivity index (χ3v) is 3.00. The van der Waals surface area contributed by atoms with Crippen molar-refractivity contribution in [2.75, 3.05) is 25.2 Å². The summed E-state index contributed by atoms with van der Waals surface area (Å²) in [5.41, 5.74) is 1.57. The SMILES string of the molecule is COCCN(c1cnc(C(C)C)nc1CO)C(C)C. The standard InChI is InChI=1S/C14H25N3O2/c1-10(2)14-15-8-13(12(9-18)16-14)17(11(3)4)6-7-19-5/h8,10-11,18H,6-7,9H2,1-5H3. The molecule has 0 fully saturated rings. The second-order valence-electron chi connectivity index (χ2n) is 5.15. The average molecular weight is 267 g/mol. The average Bonchev–Trinajstić information content (AvgIpc) is 2.38. The van der Waals surface area contributed by atoms with Crippen molar-refractivity contribution in [1.82, 2.24) is 9.97 Å². The molecule has 0 bridgehead atoms. The third-order valence-electron chi connectivity index (χ3n) is 3.00. The summed E-state index contributed by atoms with van der Waals surface area (Å²) >= 11 is 0. The van der Waals surface area contributed by atoms with Gasteiger partial charge in [-0.2, -0.15) is 0 Å². The van der Waals surface area contributed by atoms with Crippen LogP contribution in [0.2, 0.25) is 0 Å². The summed E-state index contributed by atoms with van der Waals surface area (Å²) in [5, 5.41) is 9.53. The van der Waals surface area contributed by atoms with Gasteiger partial charge in [-0.15, -0.1) is 0 Å². The quantitative estimate of drug-likeness (QED) is 0.818. The predicted octanol–water partition coefficient (Wildman–Crippen LogP) is 1.95. The molecule has 0 spiro atoms. The topological polar surface area (TPSA) is 58.5 Å². The van der Waals surface area contributed by atoms with Gasteiger partial charge in [-0.05, 0) is 13.8 Å². The molecule has 19 heavy (non-hydrogen) atoms. The van der Waals surface area contributed by atoms with E-state index in [9.17, 15) is 5.11 Å². The van der Waals surface area contributed by atoms with Gasteiger partial charge in [0.25, 0.3) is 0 Å². The highest BCUT2D eigenvalue weighted by Crippen LogP contribution is 2.22.